The van der Waals surface area contributed by atoms with Gasteiger partial charge in [-0.2, -0.15) is 0 Å². The molecule has 1 aromatic rings. The maximum Gasteiger partial charge on any atom is 0.246 e. The molecule has 0 bridgehead atoms. The molecule has 2 fully saturated rings. The van der Waals surface area contributed by atoms with Gasteiger partial charge in [0.1, 0.15) is 11.4 Å². The molecule has 21 heavy (non-hydrogen) atoms. The number of nitrogens with one attached hydrogen (secondary N) is 1. The van der Waals surface area contributed by atoms with Crippen LogP contribution in [0.25, 0.3) is 0 Å². The normalized spacial score (nSPS) is 26.0. The molecule has 2 amide bonds. The summed E-state index contributed by atoms with van der Waals surface area (Å²) < 4.78 is 13.4. The molecule has 112 valence electrons. The fourth-order valence-corrected chi connectivity index (χ4v) is 3.13. The van der Waals surface area contributed by atoms with Crippen LogP contribution in [0, 0.1) is 11.7 Å². The van der Waals surface area contributed by atoms with Crippen LogP contribution in [0.1, 0.15) is 25.3 Å². The summed E-state index contributed by atoms with van der Waals surface area (Å²) in [6.07, 6.45) is 1.84. The second-order valence-corrected chi connectivity index (χ2v) is 6.23. The van der Waals surface area contributed by atoms with Gasteiger partial charge >= 0.3 is 0 Å². The molecule has 4 nitrogen and oxygen atoms in total. The Bertz CT molecular complexity index is 618. The molecule has 0 radical (unpaired) electrons. The lowest BCUT2D eigenvalue weighted by Gasteiger charge is -2.44. The molecule has 1 atom stereocenters. The van der Waals surface area contributed by atoms with Crippen molar-refractivity contribution in [1.29, 1.82) is 0 Å². The molecule has 0 aromatic heterocycles. The first-order valence-corrected chi connectivity index (χ1v) is 7.33. The van der Waals surface area contributed by atoms with Gasteiger partial charge in [-0.15, -0.1) is 0 Å². The van der Waals surface area contributed by atoms with Gasteiger partial charge in [0.15, 0.2) is 0 Å². The molecular formula is C15H16ClFN2O2. The SMILES string of the molecule is CC1(C2CC2)C(=O)NCC(=O)N1Cc1cc(F)ccc1Cl. The standard InChI is InChI=1S/C15H16ClFN2O2/c1-15(10-2-3-10)14(21)18-7-13(20)19(15)8-9-6-11(17)4-5-12(9)16/h4-6,10H,2-3,7-8H2,1H3,(H,18,21). The van der Waals surface area contributed by atoms with Gasteiger partial charge in [-0.1, -0.05) is 11.6 Å². The molecule has 1 saturated carbocycles. The number of carbonyl (C=O) groups excluding carboxylic acids is 2. The van der Waals surface area contributed by atoms with Gasteiger partial charge in [-0.05, 0) is 49.4 Å². The third-order valence-electron chi connectivity index (χ3n) is 4.43. The summed E-state index contributed by atoms with van der Waals surface area (Å²) in [4.78, 5) is 26.1. The Morgan fingerprint density at radius 2 is 2.14 bits per heavy atom. The third kappa shape index (κ3) is 2.39. The van der Waals surface area contributed by atoms with E-state index in [-0.39, 0.29) is 30.8 Å². The van der Waals surface area contributed by atoms with Crippen molar-refractivity contribution >= 4 is 23.4 Å². The van der Waals surface area contributed by atoms with Gasteiger partial charge in [0.2, 0.25) is 11.8 Å². The number of piperazine rings is 1. The predicted molar refractivity (Wildman–Crippen MR) is 76.1 cm³/mol. The molecule has 1 aliphatic carbocycles. The van der Waals surface area contributed by atoms with E-state index in [0.29, 0.717) is 10.6 Å². The molecule has 2 aliphatic rings. The highest BCUT2D eigenvalue weighted by molar-refractivity contribution is 6.31. The number of rotatable bonds is 3. The zero-order valence-corrected chi connectivity index (χ0v) is 12.4. The van der Waals surface area contributed by atoms with E-state index in [4.69, 9.17) is 11.6 Å². The minimum absolute atomic E-state index is 0.0198. The Morgan fingerprint density at radius 1 is 1.43 bits per heavy atom. The quantitative estimate of drug-likeness (QED) is 0.929. The maximum atomic E-state index is 13.4. The topological polar surface area (TPSA) is 49.4 Å². The smallest absolute Gasteiger partial charge is 0.246 e. The number of amides is 2. The minimum Gasteiger partial charge on any atom is -0.345 e. The van der Waals surface area contributed by atoms with Crippen molar-refractivity contribution in [1.82, 2.24) is 10.2 Å². The van der Waals surface area contributed by atoms with Crippen molar-refractivity contribution in [3.05, 3.63) is 34.6 Å². The van der Waals surface area contributed by atoms with E-state index in [1.807, 2.05) is 0 Å². The molecule has 0 spiro atoms. The van der Waals surface area contributed by atoms with Crippen LogP contribution in [0.15, 0.2) is 18.2 Å². The Balaban J connectivity index is 1.95. The zero-order valence-electron chi connectivity index (χ0n) is 11.7. The van der Waals surface area contributed by atoms with Gasteiger partial charge in [0.25, 0.3) is 0 Å². The molecule has 6 heteroatoms. The minimum atomic E-state index is -0.870. The first kappa shape index (κ1) is 14.3. The molecule has 1 aromatic carbocycles. The Labute approximate surface area is 127 Å². The van der Waals surface area contributed by atoms with Crippen molar-refractivity contribution in [3.63, 3.8) is 0 Å². The highest BCUT2D eigenvalue weighted by Gasteiger charge is 2.54. The second kappa shape index (κ2) is 4.98. The van der Waals surface area contributed by atoms with Crippen LogP contribution >= 0.6 is 11.6 Å². The summed E-state index contributed by atoms with van der Waals surface area (Å²) in [7, 11) is 0. The average Bonchev–Trinajstić information content (AvgIpc) is 3.28. The number of benzene rings is 1. The first-order chi connectivity index (χ1) is 9.92. The highest BCUT2D eigenvalue weighted by Crippen LogP contribution is 2.45. The van der Waals surface area contributed by atoms with Crippen LogP contribution in [0.5, 0.6) is 0 Å². The van der Waals surface area contributed by atoms with E-state index in [9.17, 15) is 14.0 Å². The predicted octanol–water partition coefficient (Wildman–Crippen LogP) is 2.11. The number of nitrogens with zero attached hydrogens (tertiary/aromatic N) is 1. The zero-order chi connectivity index (χ0) is 15.2. The van der Waals surface area contributed by atoms with Crippen LogP contribution in [-0.4, -0.2) is 28.8 Å². The Morgan fingerprint density at radius 3 is 2.81 bits per heavy atom. The highest BCUT2D eigenvalue weighted by atomic mass is 35.5. The molecular weight excluding hydrogens is 295 g/mol. The Kier molecular flexibility index (Phi) is 3.40. The largest absolute Gasteiger partial charge is 0.345 e. The van der Waals surface area contributed by atoms with Crippen molar-refractivity contribution in [2.75, 3.05) is 6.54 Å². The number of carbonyl (C=O) groups is 2. The molecule has 1 unspecified atom stereocenters. The molecule has 1 saturated heterocycles. The molecule has 1 heterocycles. The van der Waals surface area contributed by atoms with E-state index < -0.39 is 11.4 Å². The van der Waals surface area contributed by atoms with Gasteiger partial charge in [-0.3, -0.25) is 9.59 Å². The van der Waals surface area contributed by atoms with Crippen molar-refractivity contribution < 1.29 is 14.0 Å². The van der Waals surface area contributed by atoms with Gasteiger partial charge in [0, 0.05) is 11.6 Å². The maximum absolute atomic E-state index is 13.4. The lowest BCUT2D eigenvalue weighted by Crippen LogP contribution is -2.66. The monoisotopic (exact) mass is 310 g/mol. The summed E-state index contributed by atoms with van der Waals surface area (Å²) in [5, 5.41) is 3.04. The van der Waals surface area contributed by atoms with E-state index in [0.717, 1.165) is 12.8 Å². The fraction of sp³-hybridized carbons (Fsp3) is 0.467. The number of halogens is 2. The fourth-order valence-electron chi connectivity index (χ4n) is 2.95. The second-order valence-electron chi connectivity index (χ2n) is 5.82. The summed E-state index contributed by atoms with van der Waals surface area (Å²) in [6.45, 7) is 1.91. The van der Waals surface area contributed by atoms with E-state index in [1.165, 1.54) is 18.2 Å². The summed E-state index contributed by atoms with van der Waals surface area (Å²) in [6, 6.07) is 4.06. The van der Waals surface area contributed by atoms with Gasteiger partial charge < -0.3 is 10.2 Å². The van der Waals surface area contributed by atoms with Crippen LogP contribution in [0.2, 0.25) is 5.02 Å². The van der Waals surface area contributed by atoms with Crippen LogP contribution in [0.3, 0.4) is 0 Å². The Hall–Kier alpha value is -1.62. The van der Waals surface area contributed by atoms with E-state index in [1.54, 1.807) is 11.8 Å². The lowest BCUT2D eigenvalue weighted by molar-refractivity contribution is -0.155. The third-order valence-corrected chi connectivity index (χ3v) is 4.80. The van der Waals surface area contributed by atoms with Gasteiger partial charge in [-0.25, -0.2) is 4.39 Å². The van der Waals surface area contributed by atoms with Crippen molar-refractivity contribution in [2.24, 2.45) is 5.92 Å². The summed E-state index contributed by atoms with van der Waals surface area (Å²) in [5.41, 5.74) is -0.350. The number of hydrogen-bond acceptors (Lipinski definition) is 2. The lowest BCUT2D eigenvalue weighted by atomic mass is 9.89. The average molecular weight is 311 g/mol. The summed E-state index contributed by atoms with van der Waals surface area (Å²) in [5.74, 6) is -0.549. The summed E-state index contributed by atoms with van der Waals surface area (Å²) >= 11 is 6.08. The van der Waals surface area contributed by atoms with Crippen LogP contribution in [-0.2, 0) is 16.1 Å². The molecule has 3 rings (SSSR count). The molecule has 1 N–H and O–H groups in total. The van der Waals surface area contributed by atoms with E-state index >= 15 is 0 Å². The number of hydrogen-bond donors (Lipinski definition) is 1. The van der Waals surface area contributed by atoms with Crippen LogP contribution in [0.4, 0.5) is 4.39 Å². The van der Waals surface area contributed by atoms with Crippen molar-refractivity contribution in [3.8, 4) is 0 Å². The molecule has 1 aliphatic heterocycles. The first-order valence-electron chi connectivity index (χ1n) is 6.95. The van der Waals surface area contributed by atoms with Gasteiger partial charge in [0.05, 0.1) is 6.54 Å². The van der Waals surface area contributed by atoms with Crippen LogP contribution < -0.4 is 5.32 Å². The van der Waals surface area contributed by atoms with E-state index in [2.05, 4.69) is 5.32 Å². The van der Waals surface area contributed by atoms with Crippen molar-refractivity contribution in [2.45, 2.75) is 31.8 Å².